The highest BCUT2D eigenvalue weighted by molar-refractivity contribution is 9.10. The van der Waals surface area contributed by atoms with Gasteiger partial charge in [0.25, 0.3) is 0 Å². The summed E-state index contributed by atoms with van der Waals surface area (Å²) in [5, 5.41) is 11.4. The largest absolute Gasteiger partial charge is 0.480 e. The molecule has 1 aromatic carbocycles. The number of urea groups is 1. The highest BCUT2D eigenvalue weighted by Crippen LogP contribution is 2.30. The van der Waals surface area contributed by atoms with Gasteiger partial charge < -0.3 is 15.3 Å². The predicted molar refractivity (Wildman–Crippen MR) is 75.1 cm³/mol. The van der Waals surface area contributed by atoms with Crippen LogP contribution in [0.15, 0.2) is 22.7 Å². The van der Waals surface area contributed by atoms with E-state index in [2.05, 4.69) is 21.2 Å². The second-order valence-electron chi connectivity index (χ2n) is 4.77. The summed E-state index contributed by atoms with van der Waals surface area (Å²) >= 11 is 3.15. The number of nitrogens with zero attached hydrogens (tertiary/aromatic N) is 1. The van der Waals surface area contributed by atoms with Gasteiger partial charge in [0.2, 0.25) is 0 Å². The molecule has 1 saturated carbocycles. The molecule has 0 heterocycles. The zero-order chi connectivity index (χ0) is 14.7. The van der Waals surface area contributed by atoms with Gasteiger partial charge in [0, 0.05) is 11.0 Å². The first-order chi connectivity index (χ1) is 9.45. The molecule has 1 aliphatic carbocycles. The Morgan fingerprint density at radius 3 is 2.70 bits per heavy atom. The van der Waals surface area contributed by atoms with Crippen LogP contribution in [0.2, 0.25) is 0 Å². The van der Waals surface area contributed by atoms with Gasteiger partial charge in [0.1, 0.15) is 12.4 Å². The summed E-state index contributed by atoms with van der Waals surface area (Å²) in [6.45, 7) is 0.0814. The van der Waals surface area contributed by atoms with Gasteiger partial charge in [-0.1, -0.05) is 0 Å². The van der Waals surface area contributed by atoms with Crippen molar-refractivity contribution >= 4 is 33.6 Å². The molecule has 0 saturated heterocycles. The van der Waals surface area contributed by atoms with E-state index in [1.165, 1.54) is 23.1 Å². The molecular weight excluding hydrogens is 331 g/mol. The third kappa shape index (κ3) is 4.19. The van der Waals surface area contributed by atoms with Crippen molar-refractivity contribution in [2.24, 2.45) is 5.92 Å². The summed E-state index contributed by atoms with van der Waals surface area (Å²) in [4.78, 5) is 24.1. The molecule has 2 N–H and O–H groups in total. The van der Waals surface area contributed by atoms with Crippen molar-refractivity contribution < 1.29 is 19.1 Å². The number of carbonyl (C=O) groups is 2. The zero-order valence-electron chi connectivity index (χ0n) is 10.6. The summed E-state index contributed by atoms with van der Waals surface area (Å²) in [5.74, 6) is -1.09. The molecule has 2 amide bonds. The van der Waals surface area contributed by atoms with Crippen LogP contribution in [-0.2, 0) is 4.79 Å². The SMILES string of the molecule is O=C(O)CN(CC1CC1)C(=O)Nc1ccc(F)cc1Br. The van der Waals surface area contributed by atoms with E-state index in [9.17, 15) is 14.0 Å². The van der Waals surface area contributed by atoms with Crippen LogP contribution in [0.4, 0.5) is 14.9 Å². The lowest BCUT2D eigenvalue weighted by Crippen LogP contribution is -2.40. The maximum Gasteiger partial charge on any atom is 0.323 e. The van der Waals surface area contributed by atoms with Crippen molar-refractivity contribution in [3.05, 3.63) is 28.5 Å². The maximum absolute atomic E-state index is 13.0. The Morgan fingerprint density at radius 2 is 2.15 bits per heavy atom. The van der Waals surface area contributed by atoms with E-state index in [1.54, 1.807) is 0 Å². The Balaban J connectivity index is 2.04. The average Bonchev–Trinajstić information content (AvgIpc) is 3.15. The molecule has 0 aliphatic heterocycles. The lowest BCUT2D eigenvalue weighted by atomic mass is 10.3. The number of carbonyl (C=O) groups excluding carboxylic acids is 1. The van der Waals surface area contributed by atoms with Gasteiger partial charge in [-0.05, 0) is 52.9 Å². The highest BCUT2D eigenvalue weighted by atomic mass is 79.9. The van der Waals surface area contributed by atoms with Crippen molar-refractivity contribution in [2.45, 2.75) is 12.8 Å². The van der Waals surface area contributed by atoms with Crippen molar-refractivity contribution in [1.82, 2.24) is 4.90 Å². The van der Waals surface area contributed by atoms with Crippen LogP contribution in [0.25, 0.3) is 0 Å². The molecule has 7 heteroatoms. The summed E-state index contributed by atoms with van der Waals surface area (Å²) in [5.41, 5.74) is 0.405. The lowest BCUT2D eigenvalue weighted by molar-refractivity contribution is -0.137. The molecule has 0 aromatic heterocycles. The number of hydrogen-bond donors (Lipinski definition) is 2. The van der Waals surface area contributed by atoms with Gasteiger partial charge in [-0.3, -0.25) is 4.79 Å². The average molecular weight is 345 g/mol. The Kier molecular flexibility index (Phi) is 4.59. The summed E-state index contributed by atoms with van der Waals surface area (Å²) < 4.78 is 13.4. The molecule has 20 heavy (non-hydrogen) atoms. The molecule has 0 radical (unpaired) electrons. The second-order valence-corrected chi connectivity index (χ2v) is 5.63. The Bertz CT molecular complexity index is 534. The van der Waals surface area contributed by atoms with Crippen LogP contribution in [0.3, 0.4) is 0 Å². The van der Waals surface area contributed by atoms with Crippen molar-refractivity contribution in [3.63, 3.8) is 0 Å². The van der Waals surface area contributed by atoms with E-state index < -0.39 is 17.8 Å². The van der Waals surface area contributed by atoms with Crippen molar-refractivity contribution in [2.75, 3.05) is 18.4 Å². The first kappa shape index (κ1) is 14.8. The molecule has 0 spiro atoms. The number of anilines is 1. The zero-order valence-corrected chi connectivity index (χ0v) is 12.2. The monoisotopic (exact) mass is 344 g/mol. The van der Waals surface area contributed by atoms with Gasteiger partial charge in [0.05, 0.1) is 5.69 Å². The van der Waals surface area contributed by atoms with Gasteiger partial charge >= 0.3 is 12.0 Å². The molecule has 5 nitrogen and oxygen atoms in total. The first-order valence-electron chi connectivity index (χ1n) is 6.18. The fourth-order valence-electron chi connectivity index (χ4n) is 1.78. The molecule has 0 bridgehead atoms. The topological polar surface area (TPSA) is 69.6 Å². The minimum absolute atomic E-state index is 0.346. The number of hydrogen-bond acceptors (Lipinski definition) is 2. The Hall–Kier alpha value is -1.63. The maximum atomic E-state index is 13.0. The number of halogens is 2. The minimum atomic E-state index is -1.06. The Morgan fingerprint density at radius 1 is 1.45 bits per heavy atom. The van der Waals surface area contributed by atoms with Crippen LogP contribution in [0, 0.1) is 11.7 Å². The van der Waals surface area contributed by atoms with Gasteiger partial charge in [-0.15, -0.1) is 0 Å². The van der Waals surface area contributed by atoms with E-state index in [1.807, 2.05) is 0 Å². The number of aliphatic carboxylic acids is 1. The van der Waals surface area contributed by atoms with Gasteiger partial charge in [-0.25, -0.2) is 9.18 Å². The van der Waals surface area contributed by atoms with E-state index in [4.69, 9.17) is 5.11 Å². The molecular formula is C13H14BrFN2O3. The van der Waals surface area contributed by atoms with E-state index >= 15 is 0 Å². The fourth-order valence-corrected chi connectivity index (χ4v) is 2.23. The molecule has 0 atom stereocenters. The number of rotatable bonds is 5. The smallest absolute Gasteiger partial charge is 0.323 e. The van der Waals surface area contributed by atoms with E-state index in [0.717, 1.165) is 12.8 Å². The van der Waals surface area contributed by atoms with Crippen molar-refractivity contribution in [1.29, 1.82) is 0 Å². The van der Waals surface area contributed by atoms with Crippen LogP contribution in [0.1, 0.15) is 12.8 Å². The van der Waals surface area contributed by atoms with Gasteiger partial charge in [-0.2, -0.15) is 0 Å². The summed E-state index contributed by atoms with van der Waals surface area (Å²) in [6, 6.07) is 3.39. The summed E-state index contributed by atoms with van der Waals surface area (Å²) in [7, 11) is 0. The number of benzene rings is 1. The summed E-state index contributed by atoms with van der Waals surface area (Å²) in [6.07, 6.45) is 2.04. The van der Waals surface area contributed by atoms with Gasteiger partial charge in [0.15, 0.2) is 0 Å². The van der Waals surface area contributed by atoms with E-state index in [-0.39, 0.29) is 6.54 Å². The Labute approximate surface area is 123 Å². The molecule has 1 aliphatic rings. The van der Waals surface area contributed by atoms with Crippen LogP contribution < -0.4 is 5.32 Å². The quantitative estimate of drug-likeness (QED) is 0.862. The standard InChI is InChI=1S/C13H14BrFN2O3/c14-10-5-9(15)3-4-11(10)16-13(20)17(7-12(18)19)6-8-1-2-8/h3-5,8H,1-2,6-7H2,(H,16,20)(H,18,19). The predicted octanol–water partition coefficient (Wildman–Crippen LogP) is 2.92. The van der Waals surface area contributed by atoms with Crippen LogP contribution >= 0.6 is 15.9 Å². The number of nitrogens with one attached hydrogen (secondary N) is 1. The number of carboxylic acid groups (broad SMARTS) is 1. The molecule has 108 valence electrons. The lowest BCUT2D eigenvalue weighted by Gasteiger charge is -2.21. The van der Waals surface area contributed by atoms with Crippen molar-refractivity contribution in [3.8, 4) is 0 Å². The fraction of sp³-hybridized carbons (Fsp3) is 0.385. The molecule has 1 aromatic rings. The molecule has 1 fully saturated rings. The van der Waals surface area contributed by atoms with Crippen LogP contribution in [-0.4, -0.2) is 35.1 Å². The second kappa shape index (κ2) is 6.21. The number of carboxylic acids is 1. The normalized spacial score (nSPS) is 13.9. The minimum Gasteiger partial charge on any atom is -0.480 e. The third-order valence-corrected chi connectivity index (χ3v) is 3.62. The number of amides is 2. The van der Waals surface area contributed by atoms with E-state index in [0.29, 0.717) is 22.6 Å². The third-order valence-electron chi connectivity index (χ3n) is 2.96. The van der Waals surface area contributed by atoms with Crippen LogP contribution in [0.5, 0.6) is 0 Å². The highest BCUT2D eigenvalue weighted by Gasteiger charge is 2.28. The molecule has 2 rings (SSSR count). The first-order valence-corrected chi connectivity index (χ1v) is 6.98. The molecule has 0 unspecified atom stereocenters.